The van der Waals surface area contributed by atoms with Crippen molar-refractivity contribution in [2.75, 3.05) is 6.61 Å². The van der Waals surface area contributed by atoms with Crippen molar-refractivity contribution in [1.82, 2.24) is 5.32 Å². The van der Waals surface area contributed by atoms with Crippen molar-refractivity contribution in [2.24, 2.45) is 5.92 Å². The lowest BCUT2D eigenvalue weighted by Crippen LogP contribution is -2.47. The molecular formula is C13H25NO5. The molecule has 6 nitrogen and oxygen atoms in total. The number of nitrogens with one attached hydrogen (secondary N) is 1. The van der Waals surface area contributed by atoms with Crippen LogP contribution in [0.25, 0.3) is 0 Å². The Bertz CT molecular complexity index is 307. The van der Waals surface area contributed by atoms with Crippen molar-refractivity contribution in [3.05, 3.63) is 0 Å². The van der Waals surface area contributed by atoms with Crippen LogP contribution in [0.15, 0.2) is 0 Å². The number of carbonyl (C=O) groups is 2. The lowest BCUT2D eigenvalue weighted by Gasteiger charge is -2.24. The molecule has 2 N–H and O–H groups in total. The Labute approximate surface area is 114 Å². The number of aliphatic hydroxyl groups is 1. The van der Waals surface area contributed by atoms with Gasteiger partial charge in [-0.15, -0.1) is 0 Å². The smallest absolute Gasteiger partial charge is 0.408 e. The molecule has 0 saturated heterocycles. The normalized spacial score (nSPS) is 14.7. The lowest BCUT2D eigenvalue weighted by atomic mass is 10.1. The van der Waals surface area contributed by atoms with Gasteiger partial charge in [0.1, 0.15) is 18.2 Å². The predicted octanol–water partition coefficient (Wildman–Crippen LogP) is 1.46. The minimum Gasteiger partial charge on any atom is -0.461 e. The highest BCUT2D eigenvalue weighted by atomic mass is 16.6. The first-order valence-corrected chi connectivity index (χ1v) is 6.37. The predicted molar refractivity (Wildman–Crippen MR) is 70.6 cm³/mol. The van der Waals surface area contributed by atoms with Gasteiger partial charge in [-0.1, -0.05) is 13.8 Å². The van der Waals surface area contributed by atoms with Gasteiger partial charge in [0, 0.05) is 0 Å². The molecule has 0 radical (unpaired) electrons. The van der Waals surface area contributed by atoms with E-state index in [2.05, 4.69) is 5.32 Å². The average Bonchev–Trinajstić information content (AvgIpc) is 2.19. The number of rotatable bonds is 5. The van der Waals surface area contributed by atoms with Crippen molar-refractivity contribution in [1.29, 1.82) is 0 Å². The Balaban J connectivity index is 4.49. The van der Waals surface area contributed by atoms with Crippen molar-refractivity contribution in [3.8, 4) is 0 Å². The quantitative estimate of drug-likeness (QED) is 0.742. The molecule has 0 aromatic heterocycles. The standard InChI is InChI=1S/C13H25NO5/c1-8(2)10(11(16)18-7-9(3)15)14-12(17)19-13(4,5)6/h8-10,15H,7H2,1-6H3,(H,14,17)/t9?,10-/m0/s1. The molecule has 0 rings (SSSR count). The minimum absolute atomic E-state index is 0.0992. The fourth-order valence-electron chi connectivity index (χ4n) is 1.22. The minimum atomic E-state index is -0.798. The summed E-state index contributed by atoms with van der Waals surface area (Å²) in [7, 11) is 0. The van der Waals surface area contributed by atoms with Crippen LogP contribution < -0.4 is 5.32 Å². The number of aliphatic hydroxyl groups excluding tert-OH is 1. The third-order valence-electron chi connectivity index (χ3n) is 2.06. The Morgan fingerprint density at radius 3 is 2.11 bits per heavy atom. The number of esters is 1. The summed E-state index contributed by atoms with van der Waals surface area (Å²) < 4.78 is 9.99. The summed E-state index contributed by atoms with van der Waals surface area (Å²) in [5.74, 6) is -0.726. The second kappa shape index (κ2) is 7.33. The summed E-state index contributed by atoms with van der Waals surface area (Å²) in [5, 5.41) is 11.5. The van der Waals surface area contributed by atoms with E-state index in [0.717, 1.165) is 0 Å². The van der Waals surface area contributed by atoms with Gasteiger partial charge in [0.25, 0.3) is 0 Å². The van der Waals surface area contributed by atoms with Gasteiger partial charge in [-0.05, 0) is 33.6 Å². The van der Waals surface area contributed by atoms with E-state index in [1.807, 2.05) is 0 Å². The Morgan fingerprint density at radius 2 is 1.74 bits per heavy atom. The van der Waals surface area contributed by atoms with E-state index in [1.165, 1.54) is 6.92 Å². The second-order valence-electron chi connectivity index (χ2n) is 5.85. The Morgan fingerprint density at radius 1 is 1.21 bits per heavy atom. The molecule has 0 aromatic carbocycles. The summed E-state index contributed by atoms with van der Waals surface area (Å²) in [6.07, 6.45) is -1.40. The van der Waals surface area contributed by atoms with Gasteiger partial charge in [-0.2, -0.15) is 0 Å². The van der Waals surface area contributed by atoms with Crippen LogP contribution in [0.2, 0.25) is 0 Å². The van der Waals surface area contributed by atoms with Gasteiger partial charge in [-0.3, -0.25) is 0 Å². The highest BCUT2D eigenvalue weighted by Gasteiger charge is 2.28. The zero-order valence-electron chi connectivity index (χ0n) is 12.5. The fourth-order valence-corrected chi connectivity index (χ4v) is 1.22. The number of carbonyl (C=O) groups excluding carboxylic acids is 2. The second-order valence-corrected chi connectivity index (χ2v) is 5.85. The molecule has 0 aliphatic heterocycles. The molecule has 0 fully saturated rings. The molecule has 0 aromatic rings. The van der Waals surface area contributed by atoms with E-state index in [0.29, 0.717) is 0 Å². The van der Waals surface area contributed by atoms with Crippen LogP contribution in [0.1, 0.15) is 41.5 Å². The molecule has 0 saturated carbocycles. The Hall–Kier alpha value is -1.30. The summed E-state index contributed by atoms with van der Waals surface area (Å²) in [6, 6.07) is -0.798. The Kier molecular flexibility index (Phi) is 6.83. The van der Waals surface area contributed by atoms with E-state index in [-0.39, 0.29) is 12.5 Å². The van der Waals surface area contributed by atoms with Gasteiger partial charge < -0.3 is 19.9 Å². The highest BCUT2D eigenvalue weighted by Crippen LogP contribution is 2.09. The monoisotopic (exact) mass is 275 g/mol. The summed E-state index contributed by atoms with van der Waals surface area (Å²) in [5.41, 5.74) is -0.630. The molecule has 0 aliphatic carbocycles. The molecule has 0 aliphatic rings. The van der Waals surface area contributed by atoms with Crippen molar-refractivity contribution in [3.63, 3.8) is 0 Å². The van der Waals surface area contributed by atoms with Crippen LogP contribution in [0.3, 0.4) is 0 Å². The lowest BCUT2D eigenvalue weighted by molar-refractivity contribution is -0.150. The molecule has 2 atom stereocenters. The van der Waals surface area contributed by atoms with Gasteiger partial charge >= 0.3 is 12.1 Å². The van der Waals surface area contributed by atoms with Gasteiger partial charge in [-0.25, -0.2) is 9.59 Å². The average molecular weight is 275 g/mol. The fraction of sp³-hybridized carbons (Fsp3) is 0.846. The maximum absolute atomic E-state index is 11.8. The summed E-state index contributed by atoms with van der Waals surface area (Å²) in [4.78, 5) is 23.4. The number of hydrogen-bond acceptors (Lipinski definition) is 5. The molecular weight excluding hydrogens is 250 g/mol. The van der Waals surface area contributed by atoms with Crippen LogP contribution in [0.4, 0.5) is 4.79 Å². The maximum atomic E-state index is 11.8. The molecule has 0 spiro atoms. The maximum Gasteiger partial charge on any atom is 0.408 e. The first-order chi connectivity index (χ1) is 8.53. The third-order valence-corrected chi connectivity index (χ3v) is 2.06. The van der Waals surface area contributed by atoms with Crippen LogP contribution in [0.5, 0.6) is 0 Å². The third kappa shape index (κ3) is 8.42. The molecule has 112 valence electrons. The molecule has 6 heteroatoms. The highest BCUT2D eigenvalue weighted by molar-refractivity contribution is 5.81. The van der Waals surface area contributed by atoms with Gasteiger partial charge in [0.2, 0.25) is 0 Å². The zero-order valence-corrected chi connectivity index (χ0v) is 12.5. The molecule has 19 heavy (non-hydrogen) atoms. The van der Waals surface area contributed by atoms with Crippen LogP contribution in [-0.2, 0) is 14.3 Å². The van der Waals surface area contributed by atoms with E-state index in [4.69, 9.17) is 14.6 Å². The van der Waals surface area contributed by atoms with Gasteiger partial charge in [0.05, 0.1) is 6.10 Å². The number of hydrogen-bond donors (Lipinski definition) is 2. The van der Waals surface area contributed by atoms with Crippen molar-refractivity contribution in [2.45, 2.75) is 59.3 Å². The SMILES string of the molecule is CC(O)COC(=O)[C@@H](NC(=O)OC(C)(C)C)C(C)C. The molecule has 1 unspecified atom stereocenters. The van der Waals surface area contributed by atoms with Crippen LogP contribution >= 0.6 is 0 Å². The van der Waals surface area contributed by atoms with Gasteiger partial charge in [0.15, 0.2) is 0 Å². The first kappa shape index (κ1) is 17.7. The topological polar surface area (TPSA) is 84.9 Å². The molecule has 0 bridgehead atoms. The van der Waals surface area contributed by atoms with Crippen molar-refractivity contribution >= 4 is 12.1 Å². The van der Waals surface area contributed by atoms with Crippen molar-refractivity contribution < 1.29 is 24.2 Å². The number of ether oxygens (including phenoxy) is 2. The summed E-state index contributed by atoms with van der Waals surface area (Å²) >= 11 is 0. The number of alkyl carbamates (subject to hydrolysis) is 1. The molecule has 1 amide bonds. The first-order valence-electron chi connectivity index (χ1n) is 6.37. The molecule has 0 heterocycles. The van der Waals surface area contributed by atoms with E-state index in [9.17, 15) is 9.59 Å². The van der Waals surface area contributed by atoms with E-state index < -0.39 is 29.8 Å². The number of amides is 1. The van der Waals surface area contributed by atoms with Crippen LogP contribution in [0, 0.1) is 5.92 Å². The van der Waals surface area contributed by atoms with Crippen LogP contribution in [-0.4, -0.2) is 41.5 Å². The van der Waals surface area contributed by atoms with E-state index >= 15 is 0 Å². The zero-order chi connectivity index (χ0) is 15.2. The van der Waals surface area contributed by atoms with E-state index in [1.54, 1.807) is 34.6 Å². The summed E-state index contributed by atoms with van der Waals surface area (Å²) in [6.45, 7) is 10.2. The largest absolute Gasteiger partial charge is 0.461 e.